The Morgan fingerprint density at radius 1 is 1.04 bits per heavy atom. The molecule has 0 atom stereocenters. The standard InChI is InChI=1S/C20H18ClNO4/c1-2-11-26-15-9-7-13(8-10-15)17-18(23)20(25)22(19(17)24)12-14-5-3-4-6-16(14)21/h3-10,23H,2,11-12H2,1H3. The molecule has 0 spiro atoms. The summed E-state index contributed by atoms with van der Waals surface area (Å²) in [5.41, 5.74) is 1.09. The Kier molecular flexibility index (Phi) is 5.28. The van der Waals surface area contributed by atoms with Crippen molar-refractivity contribution in [3.63, 3.8) is 0 Å². The second kappa shape index (κ2) is 7.62. The zero-order valence-electron chi connectivity index (χ0n) is 14.2. The van der Waals surface area contributed by atoms with E-state index in [1.165, 1.54) is 0 Å². The quantitative estimate of drug-likeness (QED) is 0.780. The van der Waals surface area contributed by atoms with E-state index in [4.69, 9.17) is 16.3 Å². The molecule has 6 heteroatoms. The Morgan fingerprint density at radius 2 is 1.73 bits per heavy atom. The average Bonchev–Trinajstić information content (AvgIpc) is 2.86. The summed E-state index contributed by atoms with van der Waals surface area (Å²) in [5.74, 6) is -1.16. The number of hydrogen-bond donors (Lipinski definition) is 1. The fraction of sp³-hybridized carbons (Fsp3) is 0.200. The molecule has 134 valence electrons. The van der Waals surface area contributed by atoms with Crippen molar-refractivity contribution in [1.82, 2.24) is 4.90 Å². The minimum absolute atomic E-state index is 0.00257. The summed E-state index contributed by atoms with van der Waals surface area (Å²) in [5, 5.41) is 10.7. The maximum Gasteiger partial charge on any atom is 0.296 e. The molecule has 0 saturated carbocycles. The normalized spacial score (nSPS) is 14.3. The van der Waals surface area contributed by atoms with Gasteiger partial charge in [-0.1, -0.05) is 48.9 Å². The molecule has 3 rings (SSSR count). The van der Waals surface area contributed by atoms with Crippen LogP contribution in [0.2, 0.25) is 5.02 Å². The van der Waals surface area contributed by atoms with Crippen molar-refractivity contribution in [2.24, 2.45) is 0 Å². The number of aliphatic hydroxyl groups is 1. The molecule has 1 aliphatic heterocycles. The smallest absolute Gasteiger partial charge is 0.296 e. The summed E-state index contributed by atoms with van der Waals surface area (Å²) >= 11 is 6.11. The third-order valence-electron chi connectivity index (χ3n) is 4.05. The third-order valence-corrected chi connectivity index (χ3v) is 4.41. The molecule has 2 amide bonds. The fourth-order valence-corrected chi connectivity index (χ4v) is 2.90. The molecular formula is C20H18ClNO4. The topological polar surface area (TPSA) is 66.8 Å². The van der Waals surface area contributed by atoms with Crippen LogP contribution >= 0.6 is 11.6 Å². The molecule has 0 saturated heterocycles. The molecule has 0 unspecified atom stereocenters. The zero-order valence-corrected chi connectivity index (χ0v) is 15.0. The first-order chi connectivity index (χ1) is 12.5. The number of aliphatic hydroxyl groups excluding tert-OH is 1. The number of imide groups is 1. The summed E-state index contributed by atoms with van der Waals surface area (Å²) in [6.45, 7) is 2.60. The van der Waals surface area contributed by atoms with Gasteiger partial charge in [0.25, 0.3) is 11.8 Å². The number of halogens is 1. The van der Waals surface area contributed by atoms with E-state index in [1.807, 2.05) is 6.92 Å². The van der Waals surface area contributed by atoms with Crippen molar-refractivity contribution < 1.29 is 19.4 Å². The maximum atomic E-state index is 12.7. The first-order valence-corrected chi connectivity index (χ1v) is 8.66. The third kappa shape index (κ3) is 3.44. The molecule has 1 N–H and O–H groups in total. The van der Waals surface area contributed by atoms with Crippen LogP contribution in [0.15, 0.2) is 54.3 Å². The second-order valence-corrected chi connectivity index (χ2v) is 6.29. The van der Waals surface area contributed by atoms with Crippen LogP contribution in [0.25, 0.3) is 5.57 Å². The van der Waals surface area contributed by atoms with Crippen LogP contribution in [-0.2, 0) is 16.1 Å². The Labute approximate surface area is 156 Å². The Hall–Kier alpha value is -2.79. The van der Waals surface area contributed by atoms with Crippen LogP contribution in [0.1, 0.15) is 24.5 Å². The highest BCUT2D eigenvalue weighted by atomic mass is 35.5. The number of hydrogen-bond acceptors (Lipinski definition) is 4. The van der Waals surface area contributed by atoms with Crippen LogP contribution in [0.3, 0.4) is 0 Å². The fourth-order valence-electron chi connectivity index (χ4n) is 2.70. The minimum Gasteiger partial charge on any atom is -0.502 e. The Morgan fingerprint density at radius 3 is 2.38 bits per heavy atom. The Balaban J connectivity index is 1.83. The number of ether oxygens (including phenoxy) is 1. The SMILES string of the molecule is CCCOc1ccc(C2=C(O)C(=O)N(Cc3ccccc3Cl)C2=O)cc1. The first-order valence-electron chi connectivity index (χ1n) is 8.29. The van der Waals surface area contributed by atoms with Crippen LogP contribution < -0.4 is 4.74 Å². The molecule has 26 heavy (non-hydrogen) atoms. The van der Waals surface area contributed by atoms with Gasteiger partial charge in [-0.05, 0) is 35.7 Å². The van der Waals surface area contributed by atoms with E-state index in [2.05, 4.69) is 0 Å². The van der Waals surface area contributed by atoms with Crippen molar-refractivity contribution >= 4 is 29.0 Å². The summed E-state index contributed by atoms with van der Waals surface area (Å²) in [7, 11) is 0. The van der Waals surface area contributed by atoms with Crippen LogP contribution in [0.4, 0.5) is 0 Å². The molecule has 0 aliphatic carbocycles. The van der Waals surface area contributed by atoms with Gasteiger partial charge < -0.3 is 9.84 Å². The molecule has 2 aromatic carbocycles. The van der Waals surface area contributed by atoms with Crippen molar-refractivity contribution in [1.29, 1.82) is 0 Å². The second-order valence-electron chi connectivity index (χ2n) is 5.88. The molecule has 5 nitrogen and oxygen atoms in total. The molecular weight excluding hydrogens is 354 g/mol. The van der Waals surface area contributed by atoms with Gasteiger partial charge in [-0.25, -0.2) is 0 Å². The molecule has 1 aliphatic rings. The van der Waals surface area contributed by atoms with Crippen molar-refractivity contribution in [3.8, 4) is 5.75 Å². The van der Waals surface area contributed by atoms with Crippen molar-refractivity contribution in [2.45, 2.75) is 19.9 Å². The van der Waals surface area contributed by atoms with E-state index < -0.39 is 17.6 Å². The average molecular weight is 372 g/mol. The van der Waals surface area contributed by atoms with Crippen molar-refractivity contribution in [3.05, 3.63) is 70.4 Å². The lowest BCUT2D eigenvalue weighted by molar-refractivity contribution is -0.138. The largest absolute Gasteiger partial charge is 0.502 e. The van der Waals surface area contributed by atoms with E-state index in [-0.39, 0.29) is 12.1 Å². The Bertz CT molecular complexity index is 874. The first kappa shape index (κ1) is 18.0. The number of carbonyl (C=O) groups is 2. The number of rotatable bonds is 6. The summed E-state index contributed by atoms with van der Waals surface area (Å²) < 4.78 is 5.51. The molecule has 0 aromatic heterocycles. The van der Waals surface area contributed by atoms with Gasteiger partial charge in [-0.15, -0.1) is 0 Å². The van der Waals surface area contributed by atoms with Gasteiger partial charge in [0.05, 0.1) is 18.7 Å². The summed E-state index contributed by atoms with van der Waals surface area (Å²) in [6, 6.07) is 13.7. The lowest BCUT2D eigenvalue weighted by atomic mass is 10.1. The summed E-state index contributed by atoms with van der Waals surface area (Å²) in [4.78, 5) is 26.1. The highest BCUT2D eigenvalue weighted by Crippen LogP contribution is 2.31. The van der Waals surface area contributed by atoms with E-state index in [0.29, 0.717) is 28.5 Å². The molecule has 2 aromatic rings. The monoisotopic (exact) mass is 371 g/mol. The van der Waals surface area contributed by atoms with E-state index in [1.54, 1.807) is 48.5 Å². The maximum absolute atomic E-state index is 12.7. The van der Waals surface area contributed by atoms with Gasteiger partial charge in [-0.2, -0.15) is 0 Å². The number of benzene rings is 2. The van der Waals surface area contributed by atoms with Crippen LogP contribution in [0.5, 0.6) is 5.75 Å². The van der Waals surface area contributed by atoms with E-state index in [0.717, 1.165) is 11.3 Å². The highest BCUT2D eigenvalue weighted by Gasteiger charge is 2.39. The molecule has 1 heterocycles. The molecule has 0 fully saturated rings. The van der Waals surface area contributed by atoms with Gasteiger partial charge in [0.1, 0.15) is 5.75 Å². The van der Waals surface area contributed by atoms with E-state index in [9.17, 15) is 14.7 Å². The number of nitrogens with zero attached hydrogens (tertiary/aromatic N) is 1. The van der Waals surface area contributed by atoms with Crippen LogP contribution in [-0.4, -0.2) is 28.4 Å². The predicted molar refractivity (Wildman–Crippen MR) is 98.8 cm³/mol. The minimum atomic E-state index is -0.726. The molecule has 0 radical (unpaired) electrons. The van der Waals surface area contributed by atoms with E-state index >= 15 is 0 Å². The highest BCUT2D eigenvalue weighted by molar-refractivity contribution is 6.35. The zero-order chi connectivity index (χ0) is 18.7. The lowest BCUT2D eigenvalue weighted by Gasteiger charge is -2.15. The van der Waals surface area contributed by atoms with Crippen molar-refractivity contribution in [2.75, 3.05) is 6.61 Å². The van der Waals surface area contributed by atoms with Gasteiger partial charge in [0, 0.05) is 5.02 Å². The molecule has 0 bridgehead atoms. The van der Waals surface area contributed by atoms with Gasteiger partial charge >= 0.3 is 0 Å². The van der Waals surface area contributed by atoms with Gasteiger partial charge in [0.2, 0.25) is 0 Å². The predicted octanol–water partition coefficient (Wildman–Crippen LogP) is 3.97. The van der Waals surface area contributed by atoms with Crippen LogP contribution in [0, 0.1) is 0 Å². The van der Waals surface area contributed by atoms with Gasteiger partial charge in [0.15, 0.2) is 5.76 Å². The number of amides is 2. The van der Waals surface area contributed by atoms with Gasteiger partial charge in [-0.3, -0.25) is 14.5 Å². The summed E-state index contributed by atoms with van der Waals surface area (Å²) in [6.07, 6.45) is 0.887. The number of carbonyl (C=O) groups excluding carboxylic acids is 2. The lowest BCUT2D eigenvalue weighted by Crippen LogP contribution is -2.31.